The van der Waals surface area contributed by atoms with Crippen LogP contribution < -0.4 is 0 Å². The molecule has 0 heteroatoms. The van der Waals surface area contributed by atoms with Crippen LogP contribution in [-0.4, -0.2) is 0 Å². The molecular formula is C12H26. The predicted octanol–water partition coefficient (Wildman–Crippen LogP) is 4.49. The molecule has 0 fully saturated rings. The first-order chi connectivity index (χ1) is 5.43. The summed E-state index contributed by atoms with van der Waals surface area (Å²) in [5, 5.41) is 0. The third-order valence-corrected chi connectivity index (χ3v) is 3.45. The van der Waals surface area contributed by atoms with Crippen LogP contribution in [0, 0.1) is 17.3 Å². The standard InChI is InChI=1S/C12H26/c1-7-10(3)11(4)9-12(5,6)8-2/h10-11H,7-9H2,1-6H3/t10-,11?/m1/s1. The summed E-state index contributed by atoms with van der Waals surface area (Å²) in [6.07, 6.45) is 3.99. The Kier molecular flexibility index (Phi) is 4.89. The molecule has 0 radical (unpaired) electrons. The molecule has 2 atom stereocenters. The summed E-state index contributed by atoms with van der Waals surface area (Å²) in [7, 11) is 0. The van der Waals surface area contributed by atoms with Crippen molar-refractivity contribution < 1.29 is 0 Å². The Morgan fingerprint density at radius 3 is 1.83 bits per heavy atom. The number of hydrogen-bond acceptors (Lipinski definition) is 0. The molecule has 0 amide bonds. The highest BCUT2D eigenvalue weighted by Gasteiger charge is 2.21. The van der Waals surface area contributed by atoms with Gasteiger partial charge in [-0.3, -0.25) is 0 Å². The first-order valence-electron chi connectivity index (χ1n) is 5.43. The molecule has 74 valence electrons. The first-order valence-corrected chi connectivity index (χ1v) is 5.43. The van der Waals surface area contributed by atoms with Gasteiger partial charge in [-0.05, 0) is 23.7 Å². The topological polar surface area (TPSA) is 0 Å². The summed E-state index contributed by atoms with van der Waals surface area (Å²) >= 11 is 0. The zero-order chi connectivity index (χ0) is 9.78. The molecule has 0 aromatic carbocycles. The summed E-state index contributed by atoms with van der Waals surface area (Å²) < 4.78 is 0. The van der Waals surface area contributed by atoms with E-state index in [9.17, 15) is 0 Å². The Hall–Kier alpha value is 0. The molecular weight excluding hydrogens is 144 g/mol. The minimum Gasteiger partial charge on any atom is -0.0651 e. The van der Waals surface area contributed by atoms with E-state index in [1.807, 2.05) is 0 Å². The maximum absolute atomic E-state index is 2.39. The van der Waals surface area contributed by atoms with Crippen molar-refractivity contribution in [3.05, 3.63) is 0 Å². The van der Waals surface area contributed by atoms with E-state index in [2.05, 4.69) is 41.5 Å². The predicted molar refractivity (Wildman–Crippen MR) is 57.3 cm³/mol. The molecule has 0 saturated carbocycles. The molecule has 0 saturated heterocycles. The fraction of sp³-hybridized carbons (Fsp3) is 1.00. The van der Waals surface area contributed by atoms with Crippen LogP contribution in [0.5, 0.6) is 0 Å². The van der Waals surface area contributed by atoms with Crippen molar-refractivity contribution >= 4 is 0 Å². The summed E-state index contributed by atoms with van der Waals surface area (Å²) in [5.74, 6) is 1.76. The Morgan fingerprint density at radius 1 is 1.00 bits per heavy atom. The van der Waals surface area contributed by atoms with E-state index in [1.165, 1.54) is 19.3 Å². The van der Waals surface area contributed by atoms with Crippen LogP contribution in [0.1, 0.15) is 60.8 Å². The molecule has 1 unspecified atom stereocenters. The van der Waals surface area contributed by atoms with Crippen molar-refractivity contribution in [2.24, 2.45) is 17.3 Å². The van der Waals surface area contributed by atoms with Gasteiger partial charge >= 0.3 is 0 Å². The quantitative estimate of drug-likeness (QED) is 0.570. The van der Waals surface area contributed by atoms with Crippen LogP contribution in [-0.2, 0) is 0 Å². The van der Waals surface area contributed by atoms with E-state index in [-0.39, 0.29) is 0 Å². The van der Waals surface area contributed by atoms with Crippen LogP contribution in [0.3, 0.4) is 0 Å². The van der Waals surface area contributed by atoms with Gasteiger partial charge in [0.05, 0.1) is 0 Å². The van der Waals surface area contributed by atoms with Crippen molar-refractivity contribution in [1.29, 1.82) is 0 Å². The molecule has 0 spiro atoms. The Bertz CT molecular complexity index is 113. The van der Waals surface area contributed by atoms with Crippen molar-refractivity contribution in [1.82, 2.24) is 0 Å². The lowest BCUT2D eigenvalue weighted by Gasteiger charge is -2.29. The molecule has 0 N–H and O–H groups in total. The molecule has 12 heavy (non-hydrogen) atoms. The second-order valence-corrected chi connectivity index (χ2v) is 5.08. The molecule has 0 aromatic heterocycles. The van der Waals surface area contributed by atoms with Crippen molar-refractivity contribution in [2.45, 2.75) is 60.8 Å². The summed E-state index contributed by atoms with van der Waals surface area (Å²) in [5.41, 5.74) is 0.544. The lowest BCUT2D eigenvalue weighted by Crippen LogP contribution is -2.18. The van der Waals surface area contributed by atoms with Crippen molar-refractivity contribution in [3.8, 4) is 0 Å². The van der Waals surface area contributed by atoms with Gasteiger partial charge in [0, 0.05) is 0 Å². The van der Waals surface area contributed by atoms with Gasteiger partial charge in [-0.1, -0.05) is 54.4 Å². The van der Waals surface area contributed by atoms with Crippen LogP contribution in [0.4, 0.5) is 0 Å². The highest BCUT2D eigenvalue weighted by Crippen LogP contribution is 2.32. The van der Waals surface area contributed by atoms with Gasteiger partial charge in [0.2, 0.25) is 0 Å². The Labute approximate surface area is 78.8 Å². The SMILES string of the molecule is CC[C@@H](C)C(C)CC(C)(C)CC. The molecule has 0 aliphatic carbocycles. The molecule has 0 aromatic rings. The maximum Gasteiger partial charge on any atom is -0.0354 e. The highest BCUT2D eigenvalue weighted by atomic mass is 14.3. The molecule has 0 bridgehead atoms. The molecule has 0 nitrogen and oxygen atoms in total. The second-order valence-electron chi connectivity index (χ2n) is 5.08. The minimum atomic E-state index is 0.544. The van der Waals surface area contributed by atoms with E-state index in [1.54, 1.807) is 0 Å². The van der Waals surface area contributed by atoms with Crippen molar-refractivity contribution in [3.63, 3.8) is 0 Å². The second kappa shape index (κ2) is 4.89. The lowest BCUT2D eigenvalue weighted by molar-refractivity contribution is 0.219. The van der Waals surface area contributed by atoms with Gasteiger partial charge in [0.1, 0.15) is 0 Å². The Morgan fingerprint density at radius 2 is 1.50 bits per heavy atom. The third-order valence-electron chi connectivity index (χ3n) is 3.45. The molecule has 0 rings (SSSR count). The first kappa shape index (κ1) is 12.0. The zero-order valence-electron chi connectivity index (χ0n) is 9.78. The average Bonchev–Trinajstić information content (AvgIpc) is 2.02. The van der Waals surface area contributed by atoms with E-state index < -0.39 is 0 Å². The molecule has 0 heterocycles. The third kappa shape index (κ3) is 4.13. The number of hydrogen-bond donors (Lipinski definition) is 0. The fourth-order valence-corrected chi connectivity index (χ4v) is 1.62. The summed E-state index contributed by atoms with van der Waals surface area (Å²) in [4.78, 5) is 0. The van der Waals surface area contributed by atoms with Crippen LogP contribution >= 0.6 is 0 Å². The van der Waals surface area contributed by atoms with Crippen LogP contribution in [0.15, 0.2) is 0 Å². The zero-order valence-corrected chi connectivity index (χ0v) is 9.78. The molecule has 0 aliphatic rings. The van der Waals surface area contributed by atoms with E-state index in [4.69, 9.17) is 0 Å². The summed E-state index contributed by atoms with van der Waals surface area (Å²) in [6.45, 7) is 14.1. The van der Waals surface area contributed by atoms with E-state index in [0.717, 1.165) is 11.8 Å². The molecule has 0 aliphatic heterocycles. The van der Waals surface area contributed by atoms with E-state index in [0.29, 0.717) is 5.41 Å². The van der Waals surface area contributed by atoms with Gasteiger partial charge in [-0.15, -0.1) is 0 Å². The number of rotatable bonds is 5. The largest absolute Gasteiger partial charge is 0.0651 e. The smallest absolute Gasteiger partial charge is 0.0354 e. The lowest BCUT2D eigenvalue weighted by atomic mass is 9.77. The van der Waals surface area contributed by atoms with Gasteiger partial charge < -0.3 is 0 Å². The minimum absolute atomic E-state index is 0.544. The maximum atomic E-state index is 2.39. The van der Waals surface area contributed by atoms with Gasteiger partial charge in [0.25, 0.3) is 0 Å². The van der Waals surface area contributed by atoms with Crippen LogP contribution in [0.2, 0.25) is 0 Å². The average molecular weight is 170 g/mol. The normalized spacial score (nSPS) is 17.5. The summed E-state index contributed by atoms with van der Waals surface area (Å²) in [6, 6.07) is 0. The highest BCUT2D eigenvalue weighted by molar-refractivity contribution is 4.72. The monoisotopic (exact) mass is 170 g/mol. The van der Waals surface area contributed by atoms with Crippen LogP contribution in [0.25, 0.3) is 0 Å². The van der Waals surface area contributed by atoms with Gasteiger partial charge in [-0.2, -0.15) is 0 Å². The fourth-order valence-electron chi connectivity index (χ4n) is 1.62. The van der Waals surface area contributed by atoms with Gasteiger partial charge in [0.15, 0.2) is 0 Å². The van der Waals surface area contributed by atoms with Gasteiger partial charge in [-0.25, -0.2) is 0 Å². The van der Waals surface area contributed by atoms with Crippen molar-refractivity contribution in [2.75, 3.05) is 0 Å². The Balaban J connectivity index is 3.90. The van der Waals surface area contributed by atoms with E-state index >= 15 is 0 Å².